The van der Waals surface area contributed by atoms with Crippen LogP contribution >= 0.6 is 11.6 Å². The molecule has 2 aromatic carbocycles. The topological polar surface area (TPSA) is 23.5 Å². The molecule has 0 aromatic heterocycles. The lowest BCUT2D eigenvalue weighted by Gasteiger charge is -2.29. The Balaban J connectivity index is 2.30. The maximum atomic E-state index is 9.54. The van der Waals surface area contributed by atoms with Crippen LogP contribution in [0, 0.1) is 6.92 Å². The maximum Gasteiger partial charge on any atom is 0.0702 e. The predicted octanol–water partition coefficient (Wildman–Crippen LogP) is 4.34. The van der Waals surface area contributed by atoms with E-state index in [2.05, 4.69) is 24.0 Å². The van der Waals surface area contributed by atoms with Crippen LogP contribution in [0.5, 0.6) is 0 Å². The normalized spacial score (nSPS) is 12.2. The van der Waals surface area contributed by atoms with Gasteiger partial charge < -0.3 is 10.0 Å². The second-order valence-corrected chi connectivity index (χ2v) is 5.57. The van der Waals surface area contributed by atoms with Crippen LogP contribution < -0.4 is 4.90 Å². The summed E-state index contributed by atoms with van der Waals surface area (Å²) in [5.41, 5.74) is 4.36. The predicted molar refractivity (Wildman–Crippen MR) is 85.4 cm³/mol. The highest BCUT2D eigenvalue weighted by Gasteiger charge is 2.15. The van der Waals surface area contributed by atoms with Gasteiger partial charge in [0.2, 0.25) is 0 Å². The van der Waals surface area contributed by atoms with Crippen LogP contribution in [0.4, 0.5) is 5.69 Å². The summed E-state index contributed by atoms with van der Waals surface area (Å²) in [6, 6.07) is 14.3. The number of rotatable bonds is 4. The molecule has 0 heterocycles. The molecule has 2 nitrogen and oxygen atoms in total. The molecule has 0 radical (unpaired) electrons. The van der Waals surface area contributed by atoms with Gasteiger partial charge in [-0.05, 0) is 37.6 Å². The molecule has 0 spiro atoms. The van der Waals surface area contributed by atoms with Crippen LogP contribution in [0.3, 0.4) is 0 Å². The summed E-state index contributed by atoms with van der Waals surface area (Å²) in [6.45, 7) is 4.23. The minimum Gasteiger partial charge on any atom is -0.392 e. The van der Waals surface area contributed by atoms with Gasteiger partial charge in [-0.3, -0.25) is 0 Å². The minimum atomic E-state index is 0.0503. The molecule has 1 atom stereocenters. The molecule has 0 saturated carbocycles. The molecule has 0 saturated heterocycles. The van der Waals surface area contributed by atoms with E-state index in [0.29, 0.717) is 0 Å². The molecule has 0 bridgehead atoms. The van der Waals surface area contributed by atoms with Gasteiger partial charge in [-0.1, -0.05) is 41.4 Å². The first-order valence-corrected chi connectivity index (χ1v) is 7.09. The van der Waals surface area contributed by atoms with Crippen molar-refractivity contribution < 1.29 is 5.11 Å². The molecular formula is C17H20ClNO. The highest BCUT2D eigenvalue weighted by Crippen LogP contribution is 2.29. The summed E-state index contributed by atoms with van der Waals surface area (Å²) in [7, 11) is 2.04. The second kappa shape index (κ2) is 6.29. The summed E-state index contributed by atoms with van der Waals surface area (Å²) < 4.78 is 0. The second-order valence-electron chi connectivity index (χ2n) is 5.13. The summed E-state index contributed by atoms with van der Waals surface area (Å²) >= 11 is 5.93. The van der Waals surface area contributed by atoms with Crippen molar-refractivity contribution in [1.82, 2.24) is 0 Å². The first kappa shape index (κ1) is 14.9. The van der Waals surface area contributed by atoms with Crippen LogP contribution in [-0.2, 0) is 6.61 Å². The molecule has 2 aromatic rings. The van der Waals surface area contributed by atoms with Gasteiger partial charge in [-0.15, -0.1) is 0 Å². The van der Waals surface area contributed by atoms with E-state index in [-0.39, 0.29) is 12.6 Å². The van der Waals surface area contributed by atoms with Crippen LogP contribution in [0.2, 0.25) is 5.02 Å². The third-order valence-corrected chi connectivity index (χ3v) is 3.97. The largest absolute Gasteiger partial charge is 0.392 e. The van der Waals surface area contributed by atoms with Crippen LogP contribution in [0.1, 0.15) is 29.7 Å². The van der Waals surface area contributed by atoms with Crippen molar-refractivity contribution >= 4 is 17.3 Å². The first-order valence-electron chi connectivity index (χ1n) is 6.71. The molecule has 0 aliphatic heterocycles. The monoisotopic (exact) mass is 289 g/mol. The maximum absolute atomic E-state index is 9.54. The van der Waals surface area contributed by atoms with Gasteiger partial charge in [0.25, 0.3) is 0 Å². The van der Waals surface area contributed by atoms with Crippen LogP contribution in [0.25, 0.3) is 0 Å². The number of aliphatic hydroxyl groups is 1. The number of halogens is 1. The molecule has 20 heavy (non-hydrogen) atoms. The molecule has 106 valence electrons. The van der Waals surface area contributed by atoms with Crippen molar-refractivity contribution in [3.05, 3.63) is 64.2 Å². The Morgan fingerprint density at radius 1 is 1.15 bits per heavy atom. The quantitative estimate of drug-likeness (QED) is 0.905. The zero-order valence-electron chi connectivity index (χ0n) is 12.1. The summed E-state index contributed by atoms with van der Waals surface area (Å²) in [4.78, 5) is 2.17. The van der Waals surface area contributed by atoms with Crippen molar-refractivity contribution in [1.29, 1.82) is 0 Å². The lowest BCUT2D eigenvalue weighted by molar-refractivity contribution is 0.282. The number of aliphatic hydroxyl groups excluding tert-OH is 1. The number of nitrogens with zero attached hydrogens (tertiary/aromatic N) is 1. The third-order valence-electron chi connectivity index (χ3n) is 3.72. The van der Waals surface area contributed by atoms with Gasteiger partial charge in [-0.2, -0.15) is 0 Å². The van der Waals surface area contributed by atoms with E-state index in [0.717, 1.165) is 21.8 Å². The van der Waals surface area contributed by atoms with Crippen molar-refractivity contribution in [3.8, 4) is 0 Å². The highest BCUT2D eigenvalue weighted by atomic mass is 35.5. The van der Waals surface area contributed by atoms with Gasteiger partial charge in [0.15, 0.2) is 0 Å². The van der Waals surface area contributed by atoms with Crippen molar-refractivity contribution in [3.63, 3.8) is 0 Å². The average Bonchev–Trinajstić information content (AvgIpc) is 2.46. The minimum absolute atomic E-state index is 0.0503. The number of hydrogen-bond acceptors (Lipinski definition) is 2. The van der Waals surface area contributed by atoms with Gasteiger partial charge in [0.1, 0.15) is 0 Å². The van der Waals surface area contributed by atoms with Gasteiger partial charge in [0.05, 0.1) is 12.6 Å². The van der Waals surface area contributed by atoms with E-state index in [9.17, 15) is 5.11 Å². The fraction of sp³-hybridized carbons (Fsp3) is 0.294. The average molecular weight is 290 g/mol. The lowest BCUT2D eigenvalue weighted by atomic mass is 10.0. The summed E-state index contributed by atoms with van der Waals surface area (Å²) in [6.07, 6.45) is 0. The van der Waals surface area contributed by atoms with E-state index >= 15 is 0 Å². The molecular weight excluding hydrogens is 270 g/mol. The number of hydrogen-bond donors (Lipinski definition) is 1. The Hall–Kier alpha value is -1.51. The molecule has 0 aliphatic rings. The molecule has 0 aliphatic carbocycles. The van der Waals surface area contributed by atoms with E-state index in [4.69, 9.17) is 11.6 Å². The highest BCUT2D eigenvalue weighted by molar-refractivity contribution is 6.30. The van der Waals surface area contributed by atoms with Crippen molar-refractivity contribution in [2.24, 2.45) is 0 Å². The van der Waals surface area contributed by atoms with E-state index in [1.165, 1.54) is 5.56 Å². The van der Waals surface area contributed by atoms with Gasteiger partial charge >= 0.3 is 0 Å². The van der Waals surface area contributed by atoms with Gasteiger partial charge in [-0.25, -0.2) is 0 Å². The van der Waals surface area contributed by atoms with Gasteiger partial charge in [0, 0.05) is 23.3 Å². The van der Waals surface area contributed by atoms with Crippen molar-refractivity contribution in [2.45, 2.75) is 26.5 Å². The molecule has 2 rings (SSSR count). The Bertz CT molecular complexity index is 580. The number of aryl methyl sites for hydroxylation is 1. The van der Waals surface area contributed by atoms with Crippen LogP contribution in [0.15, 0.2) is 42.5 Å². The SMILES string of the molecule is Cc1ccc(N(C)C(C)c2ccc(Cl)cc2)c(CO)c1. The zero-order valence-corrected chi connectivity index (χ0v) is 12.9. The Morgan fingerprint density at radius 3 is 2.40 bits per heavy atom. The standard InChI is InChI=1S/C17H20ClNO/c1-12-4-9-17(15(10-12)11-20)19(3)13(2)14-5-7-16(18)8-6-14/h4-10,13,20H,11H2,1-3H3. The number of benzene rings is 2. The third kappa shape index (κ3) is 3.14. The lowest BCUT2D eigenvalue weighted by Crippen LogP contribution is -2.22. The summed E-state index contributed by atoms with van der Waals surface area (Å²) in [5.74, 6) is 0. The fourth-order valence-electron chi connectivity index (χ4n) is 2.36. The van der Waals surface area contributed by atoms with Crippen molar-refractivity contribution in [2.75, 3.05) is 11.9 Å². The van der Waals surface area contributed by atoms with Crippen LogP contribution in [-0.4, -0.2) is 12.2 Å². The number of anilines is 1. The fourth-order valence-corrected chi connectivity index (χ4v) is 2.48. The Labute approximate surface area is 125 Å². The van der Waals surface area contributed by atoms with E-state index in [1.54, 1.807) is 0 Å². The van der Waals surface area contributed by atoms with E-state index < -0.39 is 0 Å². The zero-order chi connectivity index (χ0) is 14.7. The summed E-state index contributed by atoms with van der Waals surface area (Å²) in [5, 5.41) is 10.3. The first-order chi connectivity index (χ1) is 9.52. The molecule has 1 unspecified atom stereocenters. The van der Waals surface area contributed by atoms with E-state index in [1.807, 2.05) is 44.3 Å². The Morgan fingerprint density at radius 2 is 1.80 bits per heavy atom. The smallest absolute Gasteiger partial charge is 0.0702 e. The molecule has 1 N–H and O–H groups in total. The molecule has 0 amide bonds. The molecule has 0 fully saturated rings. The molecule has 3 heteroatoms. The Kier molecular flexibility index (Phi) is 4.69.